The van der Waals surface area contributed by atoms with Crippen molar-refractivity contribution in [2.24, 2.45) is 7.05 Å². The molecule has 1 amide bonds. The Morgan fingerprint density at radius 2 is 1.84 bits per heavy atom. The van der Waals surface area contributed by atoms with Crippen LogP contribution in [0.4, 0.5) is 10.1 Å². The first kappa shape index (κ1) is 22.0. The Labute approximate surface area is 188 Å². The zero-order valence-electron chi connectivity index (χ0n) is 19.0. The number of ether oxygens (including phenoxy) is 1. The number of aromatic nitrogens is 2. The Morgan fingerprint density at radius 3 is 2.50 bits per heavy atom. The number of nitrogens with zero attached hydrogens (tertiary/aromatic N) is 3. The number of anilines is 1. The van der Waals surface area contributed by atoms with Gasteiger partial charge in [-0.3, -0.25) is 9.48 Å². The van der Waals surface area contributed by atoms with Gasteiger partial charge in [0.1, 0.15) is 17.7 Å². The van der Waals surface area contributed by atoms with Crippen molar-refractivity contribution in [1.29, 1.82) is 0 Å². The van der Waals surface area contributed by atoms with Gasteiger partial charge in [0.2, 0.25) is 0 Å². The van der Waals surface area contributed by atoms with E-state index in [1.54, 1.807) is 13.0 Å². The molecule has 6 nitrogen and oxygen atoms in total. The standard InChI is InChI=1S/C25H29FN4O2/c1-16-13-18(5-7-22(16)26)25(31)28-19-6-8-23(32-20-9-11-29(3)12-10-20)21(14-19)24-17(2)15-27-30(24)4/h5-8,13-15,20H,9-12H2,1-4H3,(H,28,31). The smallest absolute Gasteiger partial charge is 0.255 e. The van der Waals surface area contributed by atoms with E-state index in [1.165, 1.54) is 12.1 Å². The van der Waals surface area contributed by atoms with Gasteiger partial charge in [0.25, 0.3) is 5.91 Å². The largest absolute Gasteiger partial charge is 0.490 e. The molecule has 0 aliphatic carbocycles. The Balaban J connectivity index is 1.64. The number of aryl methyl sites for hydroxylation is 3. The topological polar surface area (TPSA) is 59.4 Å². The van der Waals surface area contributed by atoms with Crippen LogP contribution in [-0.4, -0.2) is 46.8 Å². The van der Waals surface area contributed by atoms with Crippen LogP contribution in [0.3, 0.4) is 0 Å². The zero-order chi connectivity index (χ0) is 22.8. The molecule has 1 saturated heterocycles. The second-order valence-corrected chi connectivity index (χ2v) is 8.55. The van der Waals surface area contributed by atoms with Crippen molar-refractivity contribution in [2.45, 2.75) is 32.8 Å². The molecular weight excluding hydrogens is 407 g/mol. The van der Waals surface area contributed by atoms with Crippen LogP contribution in [0.25, 0.3) is 11.3 Å². The highest BCUT2D eigenvalue weighted by molar-refractivity contribution is 6.04. The summed E-state index contributed by atoms with van der Waals surface area (Å²) in [6.07, 6.45) is 3.92. The van der Waals surface area contributed by atoms with E-state index in [1.807, 2.05) is 43.0 Å². The molecule has 2 heterocycles. The molecule has 0 bridgehead atoms. The van der Waals surface area contributed by atoms with E-state index in [2.05, 4.69) is 22.4 Å². The minimum absolute atomic E-state index is 0.154. The lowest BCUT2D eigenvalue weighted by atomic mass is 10.0. The lowest BCUT2D eigenvalue weighted by Crippen LogP contribution is -2.35. The first-order chi connectivity index (χ1) is 15.3. The number of benzene rings is 2. The van der Waals surface area contributed by atoms with Crippen LogP contribution in [0.1, 0.15) is 34.3 Å². The summed E-state index contributed by atoms with van der Waals surface area (Å²) in [5.74, 6) is 0.164. The number of amides is 1. The fraction of sp³-hybridized carbons (Fsp3) is 0.360. The third-order valence-corrected chi connectivity index (χ3v) is 5.99. The first-order valence-corrected chi connectivity index (χ1v) is 10.9. The zero-order valence-corrected chi connectivity index (χ0v) is 19.0. The van der Waals surface area contributed by atoms with E-state index in [9.17, 15) is 9.18 Å². The van der Waals surface area contributed by atoms with Crippen molar-refractivity contribution in [3.05, 3.63) is 65.1 Å². The van der Waals surface area contributed by atoms with Gasteiger partial charge < -0.3 is 15.0 Å². The summed E-state index contributed by atoms with van der Waals surface area (Å²) in [4.78, 5) is 15.1. The van der Waals surface area contributed by atoms with E-state index in [4.69, 9.17) is 4.74 Å². The van der Waals surface area contributed by atoms with Crippen LogP contribution in [0.2, 0.25) is 0 Å². The van der Waals surface area contributed by atoms with Gasteiger partial charge in [-0.25, -0.2) is 4.39 Å². The fourth-order valence-corrected chi connectivity index (χ4v) is 4.10. The fourth-order valence-electron chi connectivity index (χ4n) is 4.10. The maximum Gasteiger partial charge on any atom is 0.255 e. The van der Waals surface area contributed by atoms with Crippen LogP contribution in [0, 0.1) is 19.7 Å². The molecule has 1 N–H and O–H groups in total. The molecule has 7 heteroatoms. The Hall–Kier alpha value is -3.19. The number of hydrogen-bond donors (Lipinski definition) is 1. The average Bonchev–Trinajstić information content (AvgIpc) is 3.10. The van der Waals surface area contributed by atoms with E-state index < -0.39 is 0 Å². The number of halogens is 1. The van der Waals surface area contributed by atoms with Crippen molar-refractivity contribution < 1.29 is 13.9 Å². The molecule has 0 unspecified atom stereocenters. The van der Waals surface area contributed by atoms with Crippen molar-refractivity contribution in [3.8, 4) is 17.0 Å². The summed E-state index contributed by atoms with van der Waals surface area (Å²) in [7, 11) is 4.02. The number of likely N-dealkylation sites (tertiary alicyclic amines) is 1. The molecule has 1 aliphatic heterocycles. The summed E-state index contributed by atoms with van der Waals surface area (Å²) in [6, 6.07) is 10.0. The third kappa shape index (κ3) is 4.67. The molecular formula is C25H29FN4O2. The molecule has 1 fully saturated rings. The number of piperidine rings is 1. The monoisotopic (exact) mass is 436 g/mol. The molecule has 4 rings (SSSR count). The summed E-state index contributed by atoms with van der Waals surface area (Å²) in [5, 5.41) is 7.31. The van der Waals surface area contributed by atoms with Crippen LogP contribution >= 0.6 is 0 Å². The SMILES string of the molecule is Cc1cc(C(=O)Nc2ccc(OC3CCN(C)CC3)c(-c3c(C)cnn3C)c2)ccc1F. The van der Waals surface area contributed by atoms with Gasteiger partial charge in [0, 0.05) is 37.0 Å². The molecule has 2 aromatic carbocycles. The third-order valence-electron chi connectivity index (χ3n) is 5.99. The van der Waals surface area contributed by atoms with Gasteiger partial charge in [-0.15, -0.1) is 0 Å². The average molecular weight is 437 g/mol. The van der Waals surface area contributed by atoms with Crippen molar-refractivity contribution in [2.75, 3.05) is 25.5 Å². The van der Waals surface area contributed by atoms with Crippen LogP contribution < -0.4 is 10.1 Å². The maximum absolute atomic E-state index is 13.6. The number of hydrogen-bond acceptors (Lipinski definition) is 4. The minimum atomic E-state index is -0.328. The molecule has 168 valence electrons. The molecule has 0 saturated carbocycles. The van der Waals surface area contributed by atoms with Gasteiger partial charge in [-0.1, -0.05) is 0 Å². The number of rotatable bonds is 5. The van der Waals surface area contributed by atoms with E-state index in [0.717, 1.165) is 48.5 Å². The second-order valence-electron chi connectivity index (χ2n) is 8.55. The van der Waals surface area contributed by atoms with Crippen LogP contribution in [0.5, 0.6) is 5.75 Å². The Kier molecular flexibility index (Phi) is 6.28. The van der Waals surface area contributed by atoms with Gasteiger partial charge in [0.05, 0.1) is 11.9 Å². The summed E-state index contributed by atoms with van der Waals surface area (Å²) in [5.41, 5.74) is 4.34. The highest BCUT2D eigenvalue weighted by atomic mass is 19.1. The molecule has 1 aliphatic rings. The maximum atomic E-state index is 13.6. The normalized spacial score (nSPS) is 15.0. The van der Waals surface area contributed by atoms with E-state index in [0.29, 0.717) is 16.8 Å². The highest BCUT2D eigenvalue weighted by Crippen LogP contribution is 2.36. The summed E-state index contributed by atoms with van der Waals surface area (Å²) in [6.45, 7) is 5.67. The van der Waals surface area contributed by atoms with E-state index in [-0.39, 0.29) is 17.8 Å². The van der Waals surface area contributed by atoms with Gasteiger partial charge in [-0.2, -0.15) is 5.10 Å². The van der Waals surface area contributed by atoms with Gasteiger partial charge >= 0.3 is 0 Å². The van der Waals surface area contributed by atoms with Crippen molar-refractivity contribution in [1.82, 2.24) is 14.7 Å². The van der Waals surface area contributed by atoms with Crippen molar-refractivity contribution in [3.63, 3.8) is 0 Å². The lowest BCUT2D eigenvalue weighted by molar-refractivity contribution is 0.102. The molecule has 1 aromatic heterocycles. The molecule has 0 radical (unpaired) electrons. The molecule has 0 spiro atoms. The predicted octanol–water partition coefficient (Wildman–Crippen LogP) is 4.57. The number of carbonyl (C=O) groups is 1. The predicted molar refractivity (Wildman–Crippen MR) is 124 cm³/mol. The number of nitrogens with one attached hydrogen (secondary N) is 1. The van der Waals surface area contributed by atoms with Crippen LogP contribution in [-0.2, 0) is 7.05 Å². The lowest BCUT2D eigenvalue weighted by Gasteiger charge is -2.30. The Morgan fingerprint density at radius 1 is 1.09 bits per heavy atom. The molecule has 32 heavy (non-hydrogen) atoms. The highest BCUT2D eigenvalue weighted by Gasteiger charge is 2.22. The first-order valence-electron chi connectivity index (χ1n) is 10.9. The van der Waals surface area contributed by atoms with Crippen LogP contribution in [0.15, 0.2) is 42.6 Å². The second kappa shape index (κ2) is 9.12. The summed E-state index contributed by atoms with van der Waals surface area (Å²) < 4.78 is 21.8. The molecule has 0 atom stereocenters. The minimum Gasteiger partial charge on any atom is -0.490 e. The molecule has 3 aromatic rings. The van der Waals surface area contributed by atoms with Gasteiger partial charge in [0.15, 0.2) is 0 Å². The quantitative estimate of drug-likeness (QED) is 0.637. The summed E-state index contributed by atoms with van der Waals surface area (Å²) >= 11 is 0. The van der Waals surface area contributed by atoms with Crippen molar-refractivity contribution >= 4 is 11.6 Å². The Bertz CT molecular complexity index is 1110. The number of carbonyl (C=O) groups excluding carboxylic acids is 1. The van der Waals surface area contributed by atoms with Gasteiger partial charge in [-0.05, 0) is 81.3 Å². The van der Waals surface area contributed by atoms with E-state index >= 15 is 0 Å².